The molecule has 0 aromatic heterocycles. The van der Waals surface area contributed by atoms with Gasteiger partial charge in [-0.2, -0.15) is 11.8 Å². The molecule has 0 aromatic carbocycles. The van der Waals surface area contributed by atoms with E-state index in [0.29, 0.717) is 12.1 Å². The zero-order chi connectivity index (χ0) is 13.7. The Balaban J connectivity index is 1.62. The molecule has 5 heteroatoms. The molecule has 2 rings (SSSR count). The molecule has 110 valence electrons. The molecule has 1 saturated heterocycles. The summed E-state index contributed by atoms with van der Waals surface area (Å²) in [5, 5.41) is 4.25. The Hall–Kier alpha value is -0.260. The lowest BCUT2D eigenvalue weighted by atomic mass is 9.87. The highest BCUT2D eigenvalue weighted by Crippen LogP contribution is 2.27. The van der Waals surface area contributed by atoms with Crippen LogP contribution >= 0.6 is 11.8 Å². The van der Waals surface area contributed by atoms with Crippen LogP contribution in [0.2, 0.25) is 0 Å². The Labute approximate surface area is 120 Å². The van der Waals surface area contributed by atoms with E-state index in [9.17, 15) is 4.79 Å². The third-order valence-corrected chi connectivity index (χ3v) is 5.28. The minimum Gasteiger partial charge on any atom is -0.469 e. The van der Waals surface area contributed by atoms with Crippen LogP contribution in [0.1, 0.15) is 32.1 Å². The van der Waals surface area contributed by atoms with Crippen LogP contribution in [0.4, 0.5) is 0 Å². The summed E-state index contributed by atoms with van der Waals surface area (Å²) in [7, 11) is 1.47. The lowest BCUT2D eigenvalue weighted by molar-refractivity contribution is -0.147. The first-order valence-electron chi connectivity index (χ1n) is 7.18. The number of methoxy groups -OCH3 is 1. The number of thioether (sulfide) groups is 1. The molecular formula is C14H25NO3S. The maximum atomic E-state index is 11.4. The average molecular weight is 287 g/mol. The normalized spacial score (nSPS) is 35.3. The number of esters is 1. The van der Waals surface area contributed by atoms with E-state index >= 15 is 0 Å². The van der Waals surface area contributed by atoms with Crippen LogP contribution in [0.25, 0.3) is 0 Å². The summed E-state index contributed by atoms with van der Waals surface area (Å²) in [6, 6.07) is 0.510. The molecule has 0 bridgehead atoms. The largest absolute Gasteiger partial charge is 0.469 e. The van der Waals surface area contributed by atoms with E-state index < -0.39 is 0 Å². The molecule has 1 aliphatic heterocycles. The zero-order valence-corrected chi connectivity index (χ0v) is 12.7. The fourth-order valence-electron chi connectivity index (χ4n) is 2.97. The Morgan fingerprint density at radius 2 is 2.05 bits per heavy atom. The Morgan fingerprint density at radius 1 is 1.32 bits per heavy atom. The van der Waals surface area contributed by atoms with E-state index in [1.165, 1.54) is 13.5 Å². The predicted octanol–water partition coefficient (Wildman–Crippen LogP) is 1.83. The first-order chi connectivity index (χ1) is 9.22. The van der Waals surface area contributed by atoms with E-state index in [1.807, 2.05) is 11.8 Å². The zero-order valence-electron chi connectivity index (χ0n) is 11.9. The van der Waals surface area contributed by atoms with Crippen molar-refractivity contribution in [1.29, 1.82) is 0 Å². The summed E-state index contributed by atoms with van der Waals surface area (Å²) < 4.78 is 10.8. The molecule has 19 heavy (non-hydrogen) atoms. The first kappa shape index (κ1) is 15.1. The standard InChI is InChI=1S/C14H25NO3S/c1-17-14(16)10-3-5-12(6-4-10)18-9-11-7-13(19-2)8-15-11/h10-13,15H,3-9H2,1-2H3/t10-,11-,12-,13-/m0/s1. The minimum absolute atomic E-state index is 0.0567. The van der Waals surface area contributed by atoms with Gasteiger partial charge in [-0.25, -0.2) is 0 Å². The van der Waals surface area contributed by atoms with Crippen LogP contribution in [-0.4, -0.2) is 49.9 Å². The van der Waals surface area contributed by atoms with Crippen molar-refractivity contribution >= 4 is 17.7 Å². The third-order valence-electron chi connectivity index (χ3n) is 4.26. The first-order valence-corrected chi connectivity index (χ1v) is 8.47. The van der Waals surface area contributed by atoms with E-state index in [2.05, 4.69) is 11.6 Å². The molecular weight excluding hydrogens is 262 g/mol. The Bertz CT molecular complexity index is 292. The molecule has 0 aromatic rings. The molecule has 1 N–H and O–H groups in total. The lowest BCUT2D eigenvalue weighted by Crippen LogP contribution is -2.32. The van der Waals surface area contributed by atoms with Crippen molar-refractivity contribution in [2.45, 2.75) is 49.5 Å². The van der Waals surface area contributed by atoms with Crippen molar-refractivity contribution in [3.63, 3.8) is 0 Å². The Morgan fingerprint density at radius 3 is 2.63 bits per heavy atom. The highest BCUT2D eigenvalue weighted by Gasteiger charge is 2.29. The molecule has 1 saturated carbocycles. The molecule has 1 aliphatic carbocycles. The summed E-state index contributed by atoms with van der Waals surface area (Å²) in [5.74, 6) is 0.0362. The number of nitrogens with one attached hydrogen (secondary N) is 1. The molecule has 2 atom stereocenters. The summed E-state index contributed by atoms with van der Waals surface area (Å²) >= 11 is 1.93. The van der Waals surface area contributed by atoms with Gasteiger partial charge in [0.05, 0.1) is 25.7 Å². The molecule has 2 fully saturated rings. The maximum Gasteiger partial charge on any atom is 0.308 e. The summed E-state index contributed by atoms with van der Waals surface area (Å²) in [4.78, 5) is 11.4. The van der Waals surface area contributed by atoms with Gasteiger partial charge in [-0.05, 0) is 38.4 Å². The lowest BCUT2D eigenvalue weighted by Gasteiger charge is -2.27. The van der Waals surface area contributed by atoms with Crippen molar-refractivity contribution in [2.75, 3.05) is 26.5 Å². The number of ether oxygens (including phenoxy) is 2. The van der Waals surface area contributed by atoms with Crippen LogP contribution in [0.5, 0.6) is 0 Å². The van der Waals surface area contributed by atoms with Gasteiger partial charge in [0.25, 0.3) is 0 Å². The number of hydrogen-bond donors (Lipinski definition) is 1. The van der Waals surface area contributed by atoms with E-state index in [-0.39, 0.29) is 11.9 Å². The van der Waals surface area contributed by atoms with Crippen molar-refractivity contribution < 1.29 is 14.3 Å². The number of rotatable bonds is 5. The second-order valence-corrected chi connectivity index (χ2v) is 6.67. The van der Waals surface area contributed by atoms with Gasteiger partial charge in [-0.15, -0.1) is 0 Å². The summed E-state index contributed by atoms with van der Waals surface area (Å²) in [5.41, 5.74) is 0. The molecule has 0 amide bonds. The molecule has 0 unspecified atom stereocenters. The smallest absolute Gasteiger partial charge is 0.308 e. The van der Waals surface area contributed by atoms with E-state index in [4.69, 9.17) is 9.47 Å². The van der Waals surface area contributed by atoms with Crippen LogP contribution in [0.3, 0.4) is 0 Å². The SMILES string of the molecule is COC(=O)[C@H]1CC[C@H](OC[C@@H]2C[C@H](SC)CN2)CC1. The second-order valence-electron chi connectivity index (χ2n) is 5.53. The molecule has 4 nitrogen and oxygen atoms in total. The number of hydrogen-bond acceptors (Lipinski definition) is 5. The fourth-order valence-corrected chi connectivity index (χ4v) is 3.66. The molecule has 0 spiro atoms. The van der Waals surface area contributed by atoms with Crippen molar-refractivity contribution in [2.24, 2.45) is 5.92 Å². The van der Waals surface area contributed by atoms with E-state index in [0.717, 1.165) is 44.1 Å². The van der Waals surface area contributed by atoms with Gasteiger partial charge < -0.3 is 14.8 Å². The second kappa shape index (κ2) is 7.50. The maximum absolute atomic E-state index is 11.4. The quantitative estimate of drug-likeness (QED) is 0.782. The minimum atomic E-state index is -0.0567. The summed E-state index contributed by atoms with van der Waals surface area (Å²) in [6.07, 6.45) is 7.49. The third kappa shape index (κ3) is 4.36. The molecule has 0 radical (unpaired) electrons. The monoisotopic (exact) mass is 287 g/mol. The molecule has 2 aliphatic rings. The van der Waals surface area contributed by atoms with Crippen LogP contribution in [0, 0.1) is 5.92 Å². The van der Waals surface area contributed by atoms with Crippen molar-refractivity contribution in [1.82, 2.24) is 5.32 Å². The number of carbonyl (C=O) groups excluding carboxylic acids is 1. The van der Waals surface area contributed by atoms with Crippen molar-refractivity contribution in [3.8, 4) is 0 Å². The van der Waals surface area contributed by atoms with Gasteiger partial charge in [0.15, 0.2) is 0 Å². The fraction of sp³-hybridized carbons (Fsp3) is 0.929. The van der Waals surface area contributed by atoms with Crippen LogP contribution < -0.4 is 5.32 Å². The highest BCUT2D eigenvalue weighted by molar-refractivity contribution is 7.99. The molecule has 1 heterocycles. The topological polar surface area (TPSA) is 47.6 Å². The van der Waals surface area contributed by atoms with Gasteiger partial charge in [0.2, 0.25) is 0 Å². The van der Waals surface area contributed by atoms with Gasteiger partial charge >= 0.3 is 5.97 Å². The van der Waals surface area contributed by atoms with E-state index in [1.54, 1.807) is 0 Å². The number of carbonyl (C=O) groups is 1. The highest BCUT2D eigenvalue weighted by atomic mass is 32.2. The predicted molar refractivity (Wildman–Crippen MR) is 77.4 cm³/mol. The summed E-state index contributed by atoms with van der Waals surface area (Å²) in [6.45, 7) is 1.91. The van der Waals surface area contributed by atoms with Crippen LogP contribution in [-0.2, 0) is 14.3 Å². The van der Waals surface area contributed by atoms with Gasteiger partial charge in [0.1, 0.15) is 0 Å². The van der Waals surface area contributed by atoms with Crippen LogP contribution in [0.15, 0.2) is 0 Å². The van der Waals surface area contributed by atoms with Crippen molar-refractivity contribution in [3.05, 3.63) is 0 Å². The van der Waals surface area contributed by atoms with Gasteiger partial charge in [-0.1, -0.05) is 0 Å². The van der Waals surface area contributed by atoms with Gasteiger partial charge in [0, 0.05) is 17.8 Å². The van der Waals surface area contributed by atoms with Gasteiger partial charge in [-0.3, -0.25) is 4.79 Å². The Kier molecular flexibility index (Phi) is 5.98. The average Bonchev–Trinajstić information content (AvgIpc) is 2.93.